The Kier molecular flexibility index (Phi) is 2.70. The molecule has 2 aromatic rings. The van der Waals surface area contributed by atoms with E-state index in [1.54, 1.807) is 17.0 Å². The van der Waals surface area contributed by atoms with Crippen LogP contribution < -0.4 is 0 Å². The monoisotopic (exact) mass is 217 g/mol. The number of hydrogen-bond acceptors (Lipinski definition) is 2. The molecular weight excluding hydrogens is 210 g/mol. The number of nitrogens with zero attached hydrogens (tertiary/aromatic N) is 3. The molecule has 0 unspecified atom stereocenters. The minimum absolute atomic E-state index is 0.304. The van der Waals surface area contributed by atoms with Gasteiger partial charge in [-0.15, -0.1) is 0 Å². The first kappa shape index (κ1) is 9.75. The molecule has 74 valence electrons. The van der Waals surface area contributed by atoms with E-state index in [0.717, 1.165) is 11.4 Å². The van der Waals surface area contributed by atoms with Gasteiger partial charge in [-0.1, -0.05) is 11.6 Å². The van der Waals surface area contributed by atoms with Crippen LogP contribution in [0.25, 0.3) is 11.4 Å². The van der Waals surface area contributed by atoms with Crippen LogP contribution in [0.5, 0.6) is 0 Å². The summed E-state index contributed by atoms with van der Waals surface area (Å²) in [5.74, 6) is 0.785. The molecule has 1 aromatic heterocycles. The molecule has 0 aliphatic rings. The van der Waals surface area contributed by atoms with Crippen LogP contribution in [0, 0.1) is 11.3 Å². The van der Waals surface area contributed by atoms with Crippen molar-refractivity contribution in [3.05, 3.63) is 41.7 Å². The smallest absolute Gasteiger partial charge is 0.140 e. The van der Waals surface area contributed by atoms with Crippen LogP contribution >= 0.6 is 11.6 Å². The lowest BCUT2D eigenvalue weighted by Crippen LogP contribution is -1.96. The first-order chi connectivity index (χ1) is 7.31. The van der Waals surface area contributed by atoms with Crippen molar-refractivity contribution < 1.29 is 0 Å². The van der Waals surface area contributed by atoms with Gasteiger partial charge >= 0.3 is 0 Å². The topological polar surface area (TPSA) is 41.6 Å². The fraction of sp³-hybridized carbons (Fsp3) is 0.0909. The van der Waals surface area contributed by atoms with Gasteiger partial charge in [0.15, 0.2) is 0 Å². The van der Waals surface area contributed by atoms with Crippen LogP contribution in [-0.4, -0.2) is 9.55 Å². The van der Waals surface area contributed by atoms with E-state index in [9.17, 15) is 0 Å². The number of rotatable bonds is 2. The zero-order chi connectivity index (χ0) is 10.7. The highest BCUT2D eigenvalue weighted by Crippen LogP contribution is 2.19. The van der Waals surface area contributed by atoms with Crippen molar-refractivity contribution in [2.24, 2.45) is 0 Å². The maximum absolute atomic E-state index is 8.63. The molecule has 0 atom stereocenters. The number of imidazole rings is 1. The van der Waals surface area contributed by atoms with Crippen molar-refractivity contribution in [1.29, 1.82) is 5.26 Å². The molecule has 0 saturated heterocycles. The molecule has 1 aromatic carbocycles. The van der Waals surface area contributed by atoms with Crippen molar-refractivity contribution in [2.45, 2.75) is 6.54 Å². The Morgan fingerprint density at radius 2 is 2.07 bits per heavy atom. The third-order valence-electron chi connectivity index (χ3n) is 2.06. The van der Waals surface area contributed by atoms with E-state index < -0.39 is 0 Å². The van der Waals surface area contributed by atoms with Crippen LogP contribution in [0.15, 0.2) is 36.7 Å². The van der Waals surface area contributed by atoms with E-state index in [1.165, 1.54) is 0 Å². The number of nitriles is 1. The molecular formula is C11H8ClN3. The first-order valence-corrected chi connectivity index (χ1v) is 4.83. The molecule has 0 saturated carbocycles. The van der Waals surface area contributed by atoms with Crippen LogP contribution in [0.4, 0.5) is 0 Å². The van der Waals surface area contributed by atoms with Crippen molar-refractivity contribution >= 4 is 11.6 Å². The number of benzene rings is 1. The molecule has 15 heavy (non-hydrogen) atoms. The molecule has 0 radical (unpaired) electrons. The first-order valence-electron chi connectivity index (χ1n) is 4.45. The van der Waals surface area contributed by atoms with E-state index in [2.05, 4.69) is 11.1 Å². The Morgan fingerprint density at radius 3 is 2.73 bits per heavy atom. The highest BCUT2D eigenvalue weighted by atomic mass is 35.5. The van der Waals surface area contributed by atoms with Gasteiger partial charge in [-0.05, 0) is 24.3 Å². The molecule has 0 aliphatic carbocycles. The summed E-state index contributed by atoms with van der Waals surface area (Å²) < 4.78 is 1.79. The molecule has 1 heterocycles. The van der Waals surface area contributed by atoms with E-state index in [1.807, 2.05) is 24.3 Å². The lowest BCUT2D eigenvalue weighted by Gasteiger charge is -2.03. The fourth-order valence-corrected chi connectivity index (χ4v) is 1.50. The summed E-state index contributed by atoms with van der Waals surface area (Å²) in [7, 11) is 0. The predicted octanol–water partition coefficient (Wildman–Crippen LogP) is 2.73. The minimum Gasteiger partial charge on any atom is -0.317 e. The minimum atomic E-state index is 0.304. The molecule has 3 nitrogen and oxygen atoms in total. The Morgan fingerprint density at radius 1 is 1.33 bits per heavy atom. The normalized spacial score (nSPS) is 9.87. The summed E-state index contributed by atoms with van der Waals surface area (Å²) in [6.07, 6.45) is 3.47. The van der Waals surface area contributed by atoms with Crippen LogP contribution in [0.2, 0.25) is 5.02 Å². The maximum Gasteiger partial charge on any atom is 0.140 e. The number of hydrogen-bond donors (Lipinski definition) is 0. The molecule has 0 fully saturated rings. The van der Waals surface area contributed by atoms with Crippen LogP contribution in [0.3, 0.4) is 0 Å². The van der Waals surface area contributed by atoms with E-state index >= 15 is 0 Å². The summed E-state index contributed by atoms with van der Waals surface area (Å²) >= 11 is 5.79. The molecule has 0 amide bonds. The quantitative estimate of drug-likeness (QED) is 0.776. The summed E-state index contributed by atoms with van der Waals surface area (Å²) in [5.41, 5.74) is 0.958. The van der Waals surface area contributed by atoms with Gasteiger partial charge < -0.3 is 4.57 Å². The third-order valence-corrected chi connectivity index (χ3v) is 2.31. The van der Waals surface area contributed by atoms with Gasteiger partial charge in [0.1, 0.15) is 12.4 Å². The molecule has 0 bridgehead atoms. The van der Waals surface area contributed by atoms with Crippen molar-refractivity contribution in [1.82, 2.24) is 9.55 Å². The second-order valence-corrected chi connectivity index (χ2v) is 3.48. The Hall–Kier alpha value is -1.79. The van der Waals surface area contributed by atoms with Gasteiger partial charge in [0.2, 0.25) is 0 Å². The second-order valence-electron chi connectivity index (χ2n) is 3.04. The standard InChI is InChI=1S/C11H8ClN3/c12-10-3-1-9(2-4-10)11-14-6-8-15(11)7-5-13/h1-4,6,8H,7H2. The molecule has 0 aliphatic heterocycles. The van der Waals surface area contributed by atoms with Crippen molar-refractivity contribution in [3.8, 4) is 17.5 Å². The highest BCUT2D eigenvalue weighted by molar-refractivity contribution is 6.30. The maximum atomic E-state index is 8.63. The van der Waals surface area contributed by atoms with Crippen molar-refractivity contribution in [3.63, 3.8) is 0 Å². The average Bonchev–Trinajstić information content (AvgIpc) is 2.68. The van der Waals surface area contributed by atoms with E-state index in [-0.39, 0.29) is 0 Å². The summed E-state index contributed by atoms with van der Waals surface area (Å²) in [6.45, 7) is 0.304. The molecule has 2 rings (SSSR count). The average molecular weight is 218 g/mol. The van der Waals surface area contributed by atoms with Gasteiger partial charge in [0.05, 0.1) is 6.07 Å². The number of aromatic nitrogens is 2. The van der Waals surface area contributed by atoms with E-state index in [4.69, 9.17) is 16.9 Å². The SMILES string of the molecule is N#CCn1ccnc1-c1ccc(Cl)cc1. The lowest BCUT2D eigenvalue weighted by molar-refractivity contribution is 0.841. The summed E-state index contributed by atoms with van der Waals surface area (Å²) in [6, 6.07) is 9.48. The molecule has 4 heteroatoms. The van der Waals surface area contributed by atoms with Gasteiger partial charge in [-0.2, -0.15) is 5.26 Å². The highest BCUT2D eigenvalue weighted by Gasteiger charge is 2.04. The van der Waals surface area contributed by atoms with Crippen LogP contribution in [-0.2, 0) is 6.54 Å². The lowest BCUT2D eigenvalue weighted by atomic mass is 10.2. The van der Waals surface area contributed by atoms with Gasteiger partial charge in [-0.25, -0.2) is 4.98 Å². The predicted molar refractivity (Wildman–Crippen MR) is 58.3 cm³/mol. The summed E-state index contributed by atoms with van der Waals surface area (Å²) in [4.78, 5) is 4.20. The van der Waals surface area contributed by atoms with Gasteiger partial charge in [0.25, 0.3) is 0 Å². The van der Waals surface area contributed by atoms with Gasteiger partial charge in [0, 0.05) is 23.0 Å². The zero-order valence-electron chi connectivity index (χ0n) is 7.89. The Bertz CT molecular complexity index is 493. The molecule has 0 N–H and O–H groups in total. The summed E-state index contributed by atoms with van der Waals surface area (Å²) in [5, 5.41) is 9.33. The van der Waals surface area contributed by atoms with Crippen LogP contribution in [0.1, 0.15) is 0 Å². The van der Waals surface area contributed by atoms with Crippen molar-refractivity contribution in [2.75, 3.05) is 0 Å². The fourth-order valence-electron chi connectivity index (χ4n) is 1.37. The largest absolute Gasteiger partial charge is 0.317 e. The molecule has 0 spiro atoms. The third kappa shape index (κ3) is 2.00. The van der Waals surface area contributed by atoms with Gasteiger partial charge in [-0.3, -0.25) is 0 Å². The van der Waals surface area contributed by atoms with E-state index in [0.29, 0.717) is 11.6 Å². The second kappa shape index (κ2) is 4.16. The number of halogens is 1. The zero-order valence-corrected chi connectivity index (χ0v) is 8.65. The Balaban J connectivity index is 2.41. The Labute approximate surface area is 92.6 Å².